The normalized spacial score (nSPS) is 16.4. The lowest BCUT2D eigenvalue weighted by Gasteiger charge is -2.35. The van der Waals surface area contributed by atoms with Gasteiger partial charge in [0, 0.05) is 31.2 Å². The first-order valence-corrected chi connectivity index (χ1v) is 8.36. The number of halogens is 1. The predicted molar refractivity (Wildman–Crippen MR) is 90.5 cm³/mol. The van der Waals surface area contributed by atoms with Crippen LogP contribution < -0.4 is 0 Å². The van der Waals surface area contributed by atoms with E-state index in [1.165, 1.54) is 12.1 Å². The van der Waals surface area contributed by atoms with E-state index in [-0.39, 0.29) is 12.4 Å². The van der Waals surface area contributed by atoms with E-state index in [0.717, 1.165) is 37.2 Å². The highest BCUT2D eigenvalue weighted by Crippen LogP contribution is 2.21. The first-order chi connectivity index (χ1) is 12.0. The van der Waals surface area contributed by atoms with Gasteiger partial charge in [-0.2, -0.15) is 0 Å². The van der Waals surface area contributed by atoms with Crippen molar-refractivity contribution >= 4 is 5.97 Å². The Balaban J connectivity index is 1.53. The van der Waals surface area contributed by atoms with E-state index in [9.17, 15) is 9.18 Å². The second-order valence-electron chi connectivity index (χ2n) is 6.47. The molecule has 1 fully saturated rings. The molecule has 6 nitrogen and oxygen atoms in total. The number of likely N-dealkylation sites (N-methyl/N-ethyl adjacent to an activating group) is 1. The van der Waals surface area contributed by atoms with Crippen molar-refractivity contribution in [2.75, 3.05) is 26.7 Å². The molecule has 25 heavy (non-hydrogen) atoms. The van der Waals surface area contributed by atoms with Gasteiger partial charge in [-0.05, 0) is 44.2 Å². The smallest absolute Gasteiger partial charge is 0.317 e. The summed E-state index contributed by atoms with van der Waals surface area (Å²) in [4.78, 5) is 19.5. The third-order valence-corrected chi connectivity index (χ3v) is 4.59. The molecule has 2 heterocycles. The molecule has 0 amide bonds. The van der Waals surface area contributed by atoms with Crippen LogP contribution in [-0.4, -0.2) is 58.6 Å². The summed E-state index contributed by atoms with van der Waals surface area (Å²) in [7, 11) is 1.86. The number of carboxylic acids is 1. The van der Waals surface area contributed by atoms with Crippen LogP contribution in [0, 0.1) is 5.82 Å². The summed E-state index contributed by atoms with van der Waals surface area (Å²) in [5.74, 6) is -0.585. The molecule has 7 heteroatoms. The summed E-state index contributed by atoms with van der Waals surface area (Å²) in [6, 6.07) is 6.37. The monoisotopic (exact) mass is 347 g/mol. The lowest BCUT2D eigenvalue weighted by Crippen LogP contribution is -2.44. The molecule has 0 aliphatic carbocycles. The molecule has 1 aliphatic rings. The van der Waals surface area contributed by atoms with Gasteiger partial charge in [0.2, 0.25) is 5.89 Å². The van der Waals surface area contributed by atoms with Crippen LogP contribution in [0.2, 0.25) is 0 Å². The lowest BCUT2D eigenvalue weighted by molar-refractivity contribution is -0.138. The van der Waals surface area contributed by atoms with E-state index in [1.54, 1.807) is 18.4 Å². The molecule has 2 aromatic rings. The molecule has 1 saturated heterocycles. The summed E-state index contributed by atoms with van der Waals surface area (Å²) in [5, 5.41) is 8.88. The van der Waals surface area contributed by atoms with E-state index in [1.807, 2.05) is 11.9 Å². The van der Waals surface area contributed by atoms with Crippen molar-refractivity contribution in [3.05, 3.63) is 42.0 Å². The first-order valence-electron chi connectivity index (χ1n) is 8.36. The van der Waals surface area contributed by atoms with Crippen LogP contribution in [0.5, 0.6) is 0 Å². The van der Waals surface area contributed by atoms with Crippen molar-refractivity contribution < 1.29 is 18.7 Å². The second-order valence-corrected chi connectivity index (χ2v) is 6.47. The Labute approximate surface area is 145 Å². The van der Waals surface area contributed by atoms with Gasteiger partial charge in [-0.1, -0.05) is 0 Å². The maximum atomic E-state index is 13.0. The quantitative estimate of drug-likeness (QED) is 0.866. The fraction of sp³-hybridized carbons (Fsp3) is 0.444. The fourth-order valence-electron chi connectivity index (χ4n) is 3.19. The molecule has 1 aromatic carbocycles. The fourth-order valence-corrected chi connectivity index (χ4v) is 3.19. The zero-order chi connectivity index (χ0) is 17.8. The minimum absolute atomic E-state index is 0.0784. The molecular weight excluding hydrogens is 325 g/mol. The Morgan fingerprint density at radius 2 is 2.04 bits per heavy atom. The number of nitrogens with zero attached hydrogens (tertiary/aromatic N) is 3. The van der Waals surface area contributed by atoms with Crippen molar-refractivity contribution in [1.82, 2.24) is 14.8 Å². The minimum Gasteiger partial charge on any atom is -0.480 e. The van der Waals surface area contributed by atoms with Crippen molar-refractivity contribution in [3.63, 3.8) is 0 Å². The average molecular weight is 347 g/mol. The highest BCUT2D eigenvalue weighted by atomic mass is 19.1. The molecule has 134 valence electrons. The van der Waals surface area contributed by atoms with E-state index in [4.69, 9.17) is 9.52 Å². The van der Waals surface area contributed by atoms with Crippen LogP contribution in [0.1, 0.15) is 18.5 Å². The number of oxazole rings is 1. The van der Waals surface area contributed by atoms with E-state index in [2.05, 4.69) is 9.88 Å². The predicted octanol–water partition coefficient (Wildman–Crippen LogP) is 2.46. The number of carbonyl (C=O) groups is 1. The molecule has 0 unspecified atom stereocenters. The van der Waals surface area contributed by atoms with E-state index in [0.29, 0.717) is 18.5 Å². The molecule has 3 rings (SSSR count). The van der Waals surface area contributed by atoms with Gasteiger partial charge in [-0.3, -0.25) is 14.6 Å². The maximum absolute atomic E-state index is 13.0. The van der Waals surface area contributed by atoms with E-state index >= 15 is 0 Å². The number of likely N-dealkylation sites (tertiary alicyclic amines) is 1. The molecule has 1 aliphatic heterocycles. The Morgan fingerprint density at radius 3 is 2.68 bits per heavy atom. The molecule has 0 radical (unpaired) electrons. The average Bonchev–Trinajstić information content (AvgIpc) is 3.04. The maximum Gasteiger partial charge on any atom is 0.317 e. The molecule has 0 atom stereocenters. The third-order valence-electron chi connectivity index (χ3n) is 4.59. The van der Waals surface area contributed by atoms with Crippen molar-refractivity contribution in [2.24, 2.45) is 0 Å². The Bertz CT molecular complexity index is 709. The van der Waals surface area contributed by atoms with Gasteiger partial charge in [0.1, 0.15) is 12.1 Å². The summed E-state index contributed by atoms with van der Waals surface area (Å²) in [5.41, 5.74) is 1.60. The number of hydrogen-bond acceptors (Lipinski definition) is 5. The number of benzene rings is 1. The highest BCUT2D eigenvalue weighted by molar-refractivity contribution is 5.69. The summed E-state index contributed by atoms with van der Waals surface area (Å²) >= 11 is 0. The second kappa shape index (κ2) is 7.76. The zero-order valence-electron chi connectivity index (χ0n) is 14.2. The molecule has 1 N–H and O–H groups in total. The van der Waals surface area contributed by atoms with Gasteiger partial charge in [0.15, 0.2) is 0 Å². The van der Waals surface area contributed by atoms with Gasteiger partial charge in [0.05, 0.1) is 12.2 Å². The van der Waals surface area contributed by atoms with Crippen molar-refractivity contribution in [2.45, 2.75) is 25.4 Å². The van der Waals surface area contributed by atoms with Crippen LogP contribution in [0.4, 0.5) is 4.39 Å². The number of piperidine rings is 1. The summed E-state index contributed by atoms with van der Waals surface area (Å²) in [6.45, 7) is 2.57. The Morgan fingerprint density at radius 1 is 1.36 bits per heavy atom. The molecular formula is C18H22FN3O3. The van der Waals surface area contributed by atoms with Crippen molar-refractivity contribution in [3.8, 4) is 11.5 Å². The Kier molecular flexibility index (Phi) is 5.45. The summed E-state index contributed by atoms with van der Waals surface area (Å²) in [6.07, 6.45) is 3.51. The van der Waals surface area contributed by atoms with Crippen molar-refractivity contribution in [1.29, 1.82) is 0 Å². The largest absolute Gasteiger partial charge is 0.480 e. The number of rotatable bonds is 6. The number of hydrogen-bond donors (Lipinski definition) is 1. The van der Waals surface area contributed by atoms with Crippen LogP contribution in [0.15, 0.2) is 34.9 Å². The topological polar surface area (TPSA) is 69.8 Å². The number of aliphatic carboxylic acids is 1. The van der Waals surface area contributed by atoms with Gasteiger partial charge >= 0.3 is 5.97 Å². The molecule has 0 bridgehead atoms. The van der Waals surface area contributed by atoms with Crippen LogP contribution >= 0.6 is 0 Å². The zero-order valence-corrected chi connectivity index (χ0v) is 14.2. The van der Waals surface area contributed by atoms with Crippen LogP contribution in [0.25, 0.3) is 11.5 Å². The molecule has 1 aromatic heterocycles. The van der Waals surface area contributed by atoms with Gasteiger partial charge < -0.3 is 9.52 Å². The van der Waals surface area contributed by atoms with Crippen LogP contribution in [-0.2, 0) is 11.3 Å². The standard InChI is InChI=1S/C18H22FN3O3/c1-21(11-17(23)24)16-6-8-22(9-7-16)10-15-12-25-18(20-15)13-2-4-14(19)5-3-13/h2-5,12,16H,6-11H2,1H3,(H,23,24). The van der Waals surface area contributed by atoms with Gasteiger partial charge in [0.25, 0.3) is 0 Å². The first kappa shape index (κ1) is 17.6. The SMILES string of the molecule is CN(CC(=O)O)C1CCN(Cc2coc(-c3ccc(F)cc3)n2)CC1. The molecule has 0 saturated carbocycles. The van der Waals surface area contributed by atoms with Gasteiger partial charge in [-0.25, -0.2) is 9.37 Å². The van der Waals surface area contributed by atoms with E-state index < -0.39 is 5.97 Å². The Hall–Kier alpha value is -2.25. The number of carboxylic acid groups (broad SMARTS) is 1. The van der Waals surface area contributed by atoms with Gasteiger partial charge in [-0.15, -0.1) is 0 Å². The third kappa shape index (κ3) is 4.64. The summed E-state index contributed by atoms with van der Waals surface area (Å²) < 4.78 is 18.5. The highest BCUT2D eigenvalue weighted by Gasteiger charge is 2.24. The van der Waals surface area contributed by atoms with Crippen LogP contribution in [0.3, 0.4) is 0 Å². The minimum atomic E-state index is -0.791. The number of aromatic nitrogens is 1. The lowest BCUT2D eigenvalue weighted by atomic mass is 10.0. The molecule has 0 spiro atoms.